The molecule has 0 aliphatic carbocycles. The third kappa shape index (κ3) is 2.28. The van der Waals surface area contributed by atoms with Crippen molar-refractivity contribution in [1.29, 1.82) is 5.26 Å². The molecule has 2 rings (SSSR count). The zero-order valence-corrected chi connectivity index (χ0v) is 10.6. The van der Waals surface area contributed by atoms with Crippen LogP contribution in [0.25, 0.3) is 0 Å². The van der Waals surface area contributed by atoms with Crippen LogP contribution in [0.4, 0.5) is 0 Å². The fourth-order valence-electron chi connectivity index (χ4n) is 0.973. The molecule has 13 heavy (non-hydrogen) atoms. The van der Waals surface area contributed by atoms with E-state index in [0.29, 0.717) is 11.7 Å². The van der Waals surface area contributed by atoms with E-state index in [9.17, 15) is 0 Å². The molecule has 68 valence electrons. The van der Waals surface area contributed by atoms with Crippen LogP contribution in [0, 0.1) is 14.5 Å². The first-order valence-electron chi connectivity index (χ1n) is 3.60. The second-order valence-electron chi connectivity index (χ2n) is 2.44. The van der Waals surface area contributed by atoms with Crippen molar-refractivity contribution in [3.63, 3.8) is 0 Å². The van der Waals surface area contributed by atoms with Gasteiger partial charge in [0.05, 0.1) is 14.5 Å². The van der Waals surface area contributed by atoms with Crippen LogP contribution in [-0.4, -0.2) is 11.0 Å². The summed E-state index contributed by atoms with van der Waals surface area (Å²) in [7, 11) is 0. The van der Waals surface area contributed by atoms with Crippen molar-refractivity contribution in [1.82, 2.24) is 0 Å². The lowest BCUT2D eigenvalue weighted by atomic mass is 10.4. The summed E-state index contributed by atoms with van der Waals surface area (Å²) in [6.45, 7) is 0. The molecule has 0 saturated carbocycles. The maximum Gasteiger partial charge on any atom is 0.145 e. The van der Waals surface area contributed by atoms with Gasteiger partial charge in [-0.3, -0.25) is 0 Å². The second kappa shape index (κ2) is 4.32. The molecule has 1 nitrogen and oxygen atoms in total. The third-order valence-electron chi connectivity index (χ3n) is 1.51. The summed E-state index contributed by atoms with van der Waals surface area (Å²) in [6, 6.07) is 2.22. The molecule has 1 atom stereocenters. The predicted octanol–water partition coefficient (Wildman–Crippen LogP) is 4.02. The number of nitrogens with zero attached hydrogens (tertiary/aromatic N) is 1. The average molecular weight is 263 g/mol. The Bertz CT molecular complexity index is 398. The lowest BCUT2D eigenvalue weighted by Crippen LogP contribution is -2.07. The maximum atomic E-state index is 8.58. The average Bonchev–Trinajstić information content (AvgIpc) is 2.44. The van der Waals surface area contributed by atoms with Crippen molar-refractivity contribution in [2.24, 2.45) is 0 Å². The van der Waals surface area contributed by atoms with Gasteiger partial charge in [0.1, 0.15) is 3.14 Å². The molecule has 0 spiro atoms. The Balaban J connectivity index is 2.20. The van der Waals surface area contributed by atoms with Crippen molar-refractivity contribution < 1.29 is 0 Å². The van der Waals surface area contributed by atoms with Crippen molar-refractivity contribution in [2.75, 3.05) is 5.75 Å². The van der Waals surface area contributed by atoms with Gasteiger partial charge in [-0.2, -0.15) is 5.26 Å². The lowest BCUT2D eigenvalue weighted by Gasteiger charge is -2.16. The van der Waals surface area contributed by atoms with E-state index in [2.05, 4.69) is 6.07 Å². The van der Waals surface area contributed by atoms with Gasteiger partial charge in [0.25, 0.3) is 0 Å². The Morgan fingerprint density at radius 3 is 3.00 bits per heavy atom. The number of rotatable bonds is 1. The summed E-state index contributed by atoms with van der Waals surface area (Å²) < 4.78 is 3.68. The van der Waals surface area contributed by atoms with E-state index in [4.69, 9.17) is 17.5 Å². The van der Waals surface area contributed by atoms with Crippen LogP contribution >= 0.6 is 58.4 Å². The fraction of sp³-hybridized carbons (Fsp3) is 0.429. The van der Waals surface area contributed by atoms with Gasteiger partial charge in [-0.25, -0.2) is 0 Å². The van der Waals surface area contributed by atoms with Crippen LogP contribution < -0.4 is 0 Å². The Hall–Kier alpha value is 0.460. The molecule has 1 aromatic heterocycles. The van der Waals surface area contributed by atoms with Crippen LogP contribution in [0.5, 0.6) is 0 Å². The molecule has 1 aliphatic heterocycles. The van der Waals surface area contributed by atoms with Crippen LogP contribution in [-0.2, 0) is 0 Å². The topological polar surface area (TPSA) is 23.8 Å². The van der Waals surface area contributed by atoms with E-state index in [1.807, 2.05) is 23.5 Å². The molecular formula is C7H5NS5. The van der Waals surface area contributed by atoms with Crippen LogP contribution in [0.15, 0.2) is 8.42 Å². The number of nitriles is 1. The third-order valence-corrected chi connectivity index (χ3v) is 7.61. The molecule has 0 N–H and O–H groups in total. The minimum absolute atomic E-state index is 0.461. The lowest BCUT2D eigenvalue weighted by molar-refractivity contribution is 0.995. The highest BCUT2D eigenvalue weighted by molar-refractivity contribution is 8.08. The Labute approximate surface area is 98.2 Å². The van der Waals surface area contributed by atoms with Crippen LogP contribution in [0.1, 0.15) is 6.42 Å². The van der Waals surface area contributed by atoms with Gasteiger partial charge < -0.3 is 0 Å². The number of thioether (sulfide) groups is 2. The number of hydrogen-bond acceptors (Lipinski definition) is 6. The highest BCUT2D eigenvalue weighted by Gasteiger charge is 2.21. The normalized spacial score (nSPS) is 20.7. The van der Waals surface area contributed by atoms with E-state index in [1.54, 1.807) is 22.7 Å². The Morgan fingerprint density at radius 1 is 1.46 bits per heavy atom. The maximum absolute atomic E-state index is 8.58. The van der Waals surface area contributed by atoms with Crippen molar-refractivity contribution in [3.8, 4) is 6.07 Å². The first kappa shape index (κ1) is 9.99. The quantitative estimate of drug-likeness (QED) is 0.714. The molecule has 6 heteroatoms. The molecule has 1 aromatic rings. The largest absolute Gasteiger partial charge is 0.198 e. The molecule has 2 heterocycles. The SMILES string of the molecule is N#CCC1CSc2sc(=S)sc2S1. The molecular weight excluding hydrogens is 258 g/mol. The molecule has 0 amide bonds. The molecule has 0 radical (unpaired) electrons. The van der Waals surface area contributed by atoms with Gasteiger partial charge >= 0.3 is 0 Å². The van der Waals surface area contributed by atoms with E-state index in [0.717, 1.165) is 8.89 Å². The predicted molar refractivity (Wildman–Crippen MR) is 63.6 cm³/mol. The second-order valence-corrected chi connectivity index (χ2v) is 8.52. The summed E-state index contributed by atoms with van der Waals surface area (Å²) in [5.74, 6) is 1.05. The highest BCUT2D eigenvalue weighted by Crippen LogP contribution is 2.47. The summed E-state index contributed by atoms with van der Waals surface area (Å²) in [5.41, 5.74) is 0. The van der Waals surface area contributed by atoms with Gasteiger partial charge in [0.2, 0.25) is 0 Å². The summed E-state index contributed by atoms with van der Waals surface area (Å²) >= 11 is 12.2. The van der Waals surface area contributed by atoms with Crippen LogP contribution in [0.2, 0.25) is 0 Å². The monoisotopic (exact) mass is 263 g/mol. The van der Waals surface area contributed by atoms with Gasteiger partial charge in [0, 0.05) is 17.4 Å². The van der Waals surface area contributed by atoms with E-state index < -0.39 is 0 Å². The first-order valence-corrected chi connectivity index (χ1v) is 7.50. The molecule has 0 aromatic carbocycles. The van der Waals surface area contributed by atoms with Crippen molar-refractivity contribution in [3.05, 3.63) is 3.14 Å². The van der Waals surface area contributed by atoms with Gasteiger partial charge in [-0.15, -0.1) is 46.2 Å². The minimum Gasteiger partial charge on any atom is -0.198 e. The molecule has 0 bridgehead atoms. The van der Waals surface area contributed by atoms with E-state index in [-0.39, 0.29) is 0 Å². The van der Waals surface area contributed by atoms with Gasteiger partial charge in [0.15, 0.2) is 0 Å². The fourth-order valence-corrected chi connectivity index (χ4v) is 7.53. The molecule has 0 fully saturated rings. The zero-order chi connectivity index (χ0) is 9.26. The van der Waals surface area contributed by atoms with Crippen molar-refractivity contribution >= 4 is 58.4 Å². The number of hydrogen-bond donors (Lipinski definition) is 0. The summed E-state index contributed by atoms with van der Waals surface area (Å²) in [4.78, 5) is 0. The van der Waals surface area contributed by atoms with E-state index >= 15 is 0 Å². The standard InChI is InChI=1S/C7H5NS5/c8-2-1-4-3-10-5-6(11-4)13-7(9)12-5/h4H,1,3H2. The first-order chi connectivity index (χ1) is 6.29. The zero-order valence-electron chi connectivity index (χ0n) is 6.48. The van der Waals surface area contributed by atoms with Crippen LogP contribution in [0.3, 0.4) is 0 Å². The van der Waals surface area contributed by atoms with Gasteiger partial charge in [-0.05, 0) is 0 Å². The van der Waals surface area contributed by atoms with E-state index in [1.165, 1.54) is 8.42 Å². The summed E-state index contributed by atoms with van der Waals surface area (Å²) in [6.07, 6.45) is 0.645. The molecule has 1 unspecified atom stereocenters. The highest BCUT2D eigenvalue weighted by atomic mass is 32.2. The van der Waals surface area contributed by atoms with Gasteiger partial charge in [-0.1, -0.05) is 12.2 Å². The Morgan fingerprint density at radius 2 is 2.23 bits per heavy atom. The van der Waals surface area contributed by atoms with Crippen molar-refractivity contribution in [2.45, 2.75) is 20.1 Å². The molecule has 0 saturated heterocycles. The smallest absolute Gasteiger partial charge is 0.145 e. The Kier molecular flexibility index (Phi) is 3.32. The number of fused-ring (bicyclic) bond motifs is 1. The minimum atomic E-state index is 0.461. The molecule has 1 aliphatic rings. The summed E-state index contributed by atoms with van der Waals surface area (Å²) in [5, 5.41) is 9.05.